The van der Waals surface area contributed by atoms with E-state index in [1.807, 2.05) is 34.6 Å². The van der Waals surface area contributed by atoms with Crippen LogP contribution in [0.4, 0.5) is 0 Å². The van der Waals surface area contributed by atoms with E-state index in [1.165, 1.54) is 0 Å². The Bertz CT molecular complexity index is 475. The highest BCUT2D eigenvalue weighted by molar-refractivity contribution is 5.41. The smallest absolute Gasteiger partial charge is 0.115 e. The molecule has 5 heteroatoms. The molecule has 0 bridgehead atoms. The summed E-state index contributed by atoms with van der Waals surface area (Å²) in [4.78, 5) is 2.97. The zero-order valence-corrected chi connectivity index (χ0v) is 13.2. The van der Waals surface area contributed by atoms with Gasteiger partial charge < -0.3 is 9.84 Å². The number of hydrogen-bond acceptors (Lipinski definition) is 3. The van der Waals surface area contributed by atoms with Crippen molar-refractivity contribution in [2.24, 2.45) is 10.5 Å². The molecule has 3 atom stereocenters. The molecule has 0 aromatic rings. The van der Waals surface area contributed by atoms with Gasteiger partial charge in [-0.2, -0.15) is 0 Å². The number of rotatable bonds is 2. The Morgan fingerprint density at radius 1 is 1.11 bits per heavy atom. The Morgan fingerprint density at radius 2 is 1.58 bits per heavy atom. The van der Waals surface area contributed by atoms with Crippen LogP contribution in [0.15, 0.2) is 16.3 Å². The Labute approximate surface area is 115 Å². The van der Waals surface area contributed by atoms with Crippen LogP contribution < -0.4 is 0 Å². The van der Waals surface area contributed by atoms with Gasteiger partial charge in [0.1, 0.15) is 11.2 Å². The van der Waals surface area contributed by atoms with E-state index in [0.29, 0.717) is 0 Å². The standard InChI is InChI=1S/C14H25N3O2/c1-9-10(2)12(5,19-8)14(7,18)13(6,16-17-15)11(9,3)4/h18H,1-8H3. The first kappa shape index (κ1) is 16.0. The molecule has 0 fully saturated rings. The number of azide groups is 1. The maximum Gasteiger partial charge on any atom is 0.115 e. The summed E-state index contributed by atoms with van der Waals surface area (Å²) < 4.78 is 5.62. The molecule has 0 radical (unpaired) electrons. The Kier molecular flexibility index (Phi) is 3.57. The lowest BCUT2D eigenvalue weighted by atomic mass is 9.51. The summed E-state index contributed by atoms with van der Waals surface area (Å²) in [5.41, 5.74) is 7.30. The molecule has 5 nitrogen and oxygen atoms in total. The van der Waals surface area contributed by atoms with Crippen LogP contribution in [0.1, 0.15) is 48.5 Å². The lowest BCUT2D eigenvalue weighted by molar-refractivity contribution is -0.191. The normalized spacial score (nSPS) is 41.9. The van der Waals surface area contributed by atoms with Crippen LogP contribution in [0.5, 0.6) is 0 Å². The van der Waals surface area contributed by atoms with Gasteiger partial charge in [0.25, 0.3) is 0 Å². The monoisotopic (exact) mass is 267 g/mol. The molecule has 0 aliphatic heterocycles. The van der Waals surface area contributed by atoms with Gasteiger partial charge in [0.05, 0.1) is 5.54 Å². The molecular formula is C14H25N3O2. The molecule has 1 rings (SSSR count). The van der Waals surface area contributed by atoms with Crippen LogP contribution in [0, 0.1) is 5.41 Å². The Hall–Kier alpha value is -1.03. The lowest BCUT2D eigenvalue weighted by Crippen LogP contribution is -2.71. The molecule has 1 aliphatic carbocycles. The number of nitrogens with zero attached hydrogens (tertiary/aromatic N) is 3. The number of methoxy groups -OCH3 is 1. The first-order valence-corrected chi connectivity index (χ1v) is 6.46. The highest BCUT2D eigenvalue weighted by Crippen LogP contribution is 2.58. The third kappa shape index (κ3) is 1.59. The fraction of sp³-hybridized carbons (Fsp3) is 0.857. The van der Waals surface area contributed by atoms with E-state index in [0.717, 1.165) is 11.1 Å². The largest absolute Gasteiger partial charge is 0.386 e. The van der Waals surface area contributed by atoms with E-state index in [9.17, 15) is 5.11 Å². The minimum atomic E-state index is -1.33. The number of hydrogen-bond donors (Lipinski definition) is 1. The second-order valence-corrected chi connectivity index (χ2v) is 6.45. The average Bonchev–Trinajstić information content (AvgIpc) is 2.34. The van der Waals surface area contributed by atoms with E-state index in [-0.39, 0.29) is 0 Å². The summed E-state index contributed by atoms with van der Waals surface area (Å²) in [5, 5.41) is 15.1. The van der Waals surface area contributed by atoms with Crippen molar-refractivity contribution in [1.82, 2.24) is 0 Å². The molecule has 0 aromatic heterocycles. The minimum Gasteiger partial charge on any atom is -0.386 e. The molecular weight excluding hydrogens is 242 g/mol. The first-order chi connectivity index (χ1) is 8.44. The predicted octanol–water partition coefficient (Wildman–Crippen LogP) is 3.59. The van der Waals surface area contributed by atoms with Crippen LogP contribution in [0.2, 0.25) is 0 Å². The third-order valence-electron chi connectivity index (χ3n) is 5.96. The molecule has 0 spiro atoms. The predicted molar refractivity (Wildman–Crippen MR) is 75.7 cm³/mol. The van der Waals surface area contributed by atoms with Crippen molar-refractivity contribution in [2.45, 2.75) is 65.2 Å². The summed E-state index contributed by atoms with van der Waals surface area (Å²) in [7, 11) is 1.57. The van der Waals surface area contributed by atoms with Crippen molar-refractivity contribution in [3.8, 4) is 0 Å². The molecule has 1 aliphatic rings. The molecule has 108 valence electrons. The van der Waals surface area contributed by atoms with Crippen LogP contribution in [0.25, 0.3) is 10.4 Å². The van der Waals surface area contributed by atoms with Crippen LogP contribution in [-0.2, 0) is 4.74 Å². The third-order valence-corrected chi connectivity index (χ3v) is 5.96. The van der Waals surface area contributed by atoms with E-state index < -0.39 is 22.2 Å². The summed E-state index contributed by atoms with van der Waals surface area (Å²) >= 11 is 0. The molecule has 1 N–H and O–H groups in total. The fourth-order valence-corrected chi connectivity index (χ4v) is 3.29. The topological polar surface area (TPSA) is 78.2 Å². The van der Waals surface area contributed by atoms with Gasteiger partial charge in [0.15, 0.2) is 0 Å². The van der Waals surface area contributed by atoms with Crippen molar-refractivity contribution < 1.29 is 9.84 Å². The lowest BCUT2D eigenvalue weighted by Gasteiger charge is -2.61. The highest BCUT2D eigenvalue weighted by atomic mass is 16.5. The summed E-state index contributed by atoms with van der Waals surface area (Å²) in [6, 6.07) is 0. The van der Waals surface area contributed by atoms with Crippen molar-refractivity contribution in [3.05, 3.63) is 21.6 Å². The van der Waals surface area contributed by atoms with Gasteiger partial charge in [-0.3, -0.25) is 0 Å². The van der Waals surface area contributed by atoms with Crippen molar-refractivity contribution in [1.29, 1.82) is 0 Å². The van der Waals surface area contributed by atoms with Gasteiger partial charge in [-0.25, -0.2) is 0 Å². The second kappa shape index (κ2) is 4.23. The van der Waals surface area contributed by atoms with Gasteiger partial charge in [-0.1, -0.05) is 31.5 Å². The maximum absolute atomic E-state index is 11.1. The molecule has 0 saturated heterocycles. The van der Waals surface area contributed by atoms with Crippen LogP contribution in [-0.4, -0.2) is 29.0 Å². The van der Waals surface area contributed by atoms with Crippen molar-refractivity contribution in [3.63, 3.8) is 0 Å². The van der Waals surface area contributed by atoms with Crippen LogP contribution >= 0.6 is 0 Å². The summed E-state index contributed by atoms with van der Waals surface area (Å²) in [6.45, 7) is 13.3. The zero-order valence-electron chi connectivity index (χ0n) is 13.2. The van der Waals surface area contributed by atoms with E-state index in [1.54, 1.807) is 21.0 Å². The first-order valence-electron chi connectivity index (χ1n) is 6.46. The Morgan fingerprint density at radius 3 is 1.95 bits per heavy atom. The van der Waals surface area contributed by atoms with E-state index in [2.05, 4.69) is 10.0 Å². The summed E-state index contributed by atoms with van der Waals surface area (Å²) in [5.74, 6) is 0. The van der Waals surface area contributed by atoms with Gasteiger partial charge in [0.2, 0.25) is 0 Å². The van der Waals surface area contributed by atoms with E-state index in [4.69, 9.17) is 10.3 Å². The summed E-state index contributed by atoms with van der Waals surface area (Å²) in [6.07, 6.45) is 0. The van der Waals surface area contributed by atoms with Gasteiger partial charge >= 0.3 is 0 Å². The molecule has 0 saturated carbocycles. The number of ether oxygens (including phenoxy) is 1. The average molecular weight is 267 g/mol. The quantitative estimate of drug-likeness (QED) is 0.359. The van der Waals surface area contributed by atoms with E-state index >= 15 is 0 Å². The van der Waals surface area contributed by atoms with Gasteiger partial charge in [0, 0.05) is 12.0 Å². The molecule has 19 heavy (non-hydrogen) atoms. The van der Waals surface area contributed by atoms with Gasteiger partial charge in [-0.05, 0) is 44.2 Å². The molecule has 0 heterocycles. The fourth-order valence-electron chi connectivity index (χ4n) is 3.29. The van der Waals surface area contributed by atoms with Crippen molar-refractivity contribution in [2.75, 3.05) is 7.11 Å². The SMILES string of the molecule is COC1(C)C(C)=C(C)C(C)(C)C(C)(N=[N+]=[N-])C1(C)O. The van der Waals surface area contributed by atoms with Gasteiger partial charge in [-0.15, -0.1) is 0 Å². The van der Waals surface area contributed by atoms with Crippen LogP contribution in [0.3, 0.4) is 0 Å². The second-order valence-electron chi connectivity index (χ2n) is 6.45. The number of aliphatic hydroxyl groups is 1. The molecule has 3 unspecified atom stereocenters. The molecule has 0 amide bonds. The zero-order chi connectivity index (χ0) is 15.3. The minimum absolute atomic E-state index is 0.467. The Balaban J connectivity index is 3.83. The molecule has 0 aromatic carbocycles. The maximum atomic E-state index is 11.1. The highest BCUT2D eigenvalue weighted by Gasteiger charge is 2.66. The van der Waals surface area contributed by atoms with Crippen molar-refractivity contribution >= 4 is 0 Å².